The van der Waals surface area contributed by atoms with Crippen molar-refractivity contribution in [3.63, 3.8) is 0 Å². The van der Waals surface area contributed by atoms with Gasteiger partial charge < -0.3 is 4.98 Å². The summed E-state index contributed by atoms with van der Waals surface area (Å²) in [5.41, 5.74) is 7.42. The summed E-state index contributed by atoms with van der Waals surface area (Å²) < 4.78 is 0. The molecule has 4 nitrogen and oxygen atoms in total. The van der Waals surface area contributed by atoms with E-state index in [9.17, 15) is 0 Å². The SMILES string of the molecule is CC1=C/C(=N/Nc2nc3ccccc3[nH]2)CC1. The largest absolute Gasteiger partial charge is 0.323 e. The molecule has 0 unspecified atom stereocenters. The Labute approximate surface area is 99.5 Å². The van der Waals surface area contributed by atoms with Crippen molar-refractivity contribution in [1.29, 1.82) is 0 Å². The molecule has 0 amide bonds. The van der Waals surface area contributed by atoms with Crippen LogP contribution >= 0.6 is 0 Å². The molecule has 0 saturated heterocycles. The number of para-hydroxylation sites is 2. The Kier molecular flexibility index (Phi) is 2.40. The lowest BCUT2D eigenvalue weighted by Crippen LogP contribution is -1.96. The van der Waals surface area contributed by atoms with Gasteiger partial charge in [-0.25, -0.2) is 10.4 Å². The van der Waals surface area contributed by atoms with Crippen LogP contribution in [0, 0.1) is 0 Å². The van der Waals surface area contributed by atoms with Crippen LogP contribution in [-0.4, -0.2) is 15.7 Å². The van der Waals surface area contributed by atoms with Crippen LogP contribution in [0.15, 0.2) is 41.0 Å². The van der Waals surface area contributed by atoms with Crippen LogP contribution in [-0.2, 0) is 0 Å². The molecule has 2 N–H and O–H groups in total. The van der Waals surface area contributed by atoms with Crippen molar-refractivity contribution in [3.05, 3.63) is 35.9 Å². The average Bonchev–Trinajstić information content (AvgIpc) is 2.91. The van der Waals surface area contributed by atoms with Crippen LogP contribution < -0.4 is 5.43 Å². The maximum Gasteiger partial charge on any atom is 0.222 e. The first-order chi connectivity index (χ1) is 8.31. The Hall–Kier alpha value is -2.10. The lowest BCUT2D eigenvalue weighted by atomic mass is 10.3. The fourth-order valence-electron chi connectivity index (χ4n) is 1.97. The molecule has 0 aliphatic heterocycles. The van der Waals surface area contributed by atoms with E-state index in [1.165, 1.54) is 5.57 Å². The third-order valence-electron chi connectivity index (χ3n) is 2.88. The highest BCUT2D eigenvalue weighted by molar-refractivity contribution is 5.98. The van der Waals surface area contributed by atoms with Crippen molar-refractivity contribution in [2.75, 3.05) is 5.43 Å². The van der Waals surface area contributed by atoms with E-state index in [4.69, 9.17) is 0 Å². The summed E-state index contributed by atoms with van der Waals surface area (Å²) >= 11 is 0. The van der Waals surface area contributed by atoms with E-state index in [1.807, 2.05) is 24.3 Å². The normalized spacial score (nSPS) is 17.7. The smallest absolute Gasteiger partial charge is 0.222 e. The summed E-state index contributed by atoms with van der Waals surface area (Å²) in [5, 5.41) is 4.34. The molecule has 2 aromatic rings. The number of hydrogen-bond donors (Lipinski definition) is 2. The number of aromatic amines is 1. The second kappa shape index (κ2) is 4.05. The molecule has 0 fully saturated rings. The molecular weight excluding hydrogens is 212 g/mol. The number of nitrogens with zero attached hydrogens (tertiary/aromatic N) is 2. The van der Waals surface area contributed by atoms with Gasteiger partial charge in [-0.05, 0) is 38.0 Å². The molecule has 4 heteroatoms. The number of anilines is 1. The molecular formula is C13H14N4. The van der Waals surface area contributed by atoms with Gasteiger partial charge in [-0.3, -0.25) is 0 Å². The summed E-state index contributed by atoms with van der Waals surface area (Å²) in [6, 6.07) is 7.94. The third kappa shape index (κ3) is 2.06. The first-order valence-electron chi connectivity index (χ1n) is 5.76. The minimum Gasteiger partial charge on any atom is -0.323 e. The van der Waals surface area contributed by atoms with Gasteiger partial charge in [0.15, 0.2) is 0 Å². The van der Waals surface area contributed by atoms with Gasteiger partial charge in [0, 0.05) is 0 Å². The third-order valence-corrected chi connectivity index (χ3v) is 2.88. The van der Waals surface area contributed by atoms with Crippen molar-refractivity contribution in [2.24, 2.45) is 5.10 Å². The van der Waals surface area contributed by atoms with Gasteiger partial charge in [-0.1, -0.05) is 17.7 Å². The minimum absolute atomic E-state index is 0.691. The second-order valence-electron chi connectivity index (χ2n) is 4.31. The van der Waals surface area contributed by atoms with E-state index in [-0.39, 0.29) is 0 Å². The van der Waals surface area contributed by atoms with Crippen molar-refractivity contribution in [3.8, 4) is 0 Å². The number of imidazole rings is 1. The molecule has 86 valence electrons. The fraction of sp³-hybridized carbons (Fsp3) is 0.231. The summed E-state index contributed by atoms with van der Waals surface area (Å²) in [4.78, 5) is 7.58. The second-order valence-corrected chi connectivity index (χ2v) is 4.31. The monoisotopic (exact) mass is 226 g/mol. The van der Waals surface area contributed by atoms with E-state index < -0.39 is 0 Å². The zero-order valence-electron chi connectivity index (χ0n) is 9.70. The summed E-state index contributed by atoms with van der Waals surface area (Å²) in [7, 11) is 0. The van der Waals surface area contributed by atoms with Crippen molar-refractivity contribution in [2.45, 2.75) is 19.8 Å². The van der Waals surface area contributed by atoms with E-state index in [0.29, 0.717) is 5.95 Å². The van der Waals surface area contributed by atoms with Gasteiger partial charge in [-0.2, -0.15) is 5.10 Å². The molecule has 1 aromatic carbocycles. The van der Waals surface area contributed by atoms with Crippen LogP contribution in [0.5, 0.6) is 0 Å². The highest BCUT2D eigenvalue weighted by atomic mass is 15.4. The Bertz CT molecular complexity index is 574. The Morgan fingerprint density at radius 3 is 2.94 bits per heavy atom. The number of rotatable bonds is 2. The maximum absolute atomic E-state index is 4.40. The van der Waals surface area contributed by atoms with Crippen LogP contribution in [0.4, 0.5) is 5.95 Å². The Morgan fingerprint density at radius 1 is 1.29 bits per heavy atom. The molecule has 1 aliphatic carbocycles. The number of allylic oxidation sites excluding steroid dienone is 2. The first kappa shape index (κ1) is 10.1. The summed E-state index contributed by atoms with van der Waals surface area (Å²) in [6.45, 7) is 2.13. The number of aromatic nitrogens is 2. The zero-order valence-corrected chi connectivity index (χ0v) is 9.70. The van der Waals surface area contributed by atoms with Crippen LogP contribution in [0.3, 0.4) is 0 Å². The van der Waals surface area contributed by atoms with Gasteiger partial charge in [0.05, 0.1) is 16.7 Å². The van der Waals surface area contributed by atoms with Crippen molar-refractivity contribution >= 4 is 22.7 Å². The van der Waals surface area contributed by atoms with Gasteiger partial charge >= 0.3 is 0 Å². The van der Waals surface area contributed by atoms with E-state index in [0.717, 1.165) is 29.6 Å². The standard InChI is InChI=1S/C13H14N4/c1-9-6-7-10(8-9)16-17-13-14-11-4-2-3-5-12(11)15-13/h2-5,8H,6-7H2,1H3,(H2,14,15,17)/b16-10+. The molecule has 17 heavy (non-hydrogen) atoms. The number of H-pyrrole nitrogens is 1. The van der Waals surface area contributed by atoms with Crippen LogP contribution in [0.1, 0.15) is 19.8 Å². The number of benzene rings is 1. The molecule has 0 spiro atoms. The molecule has 1 aromatic heterocycles. The van der Waals surface area contributed by atoms with E-state index in [2.05, 4.69) is 33.5 Å². The van der Waals surface area contributed by atoms with Crippen LogP contribution in [0.25, 0.3) is 11.0 Å². The molecule has 3 rings (SSSR count). The quantitative estimate of drug-likeness (QED) is 0.773. The van der Waals surface area contributed by atoms with Gasteiger partial charge in [0.2, 0.25) is 5.95 Å². The Morgan fingerprint density at radius 2 is 2.18 bits per heavy atom. The van der Waals surface area contributed by atoms with Crippen molar-refractivity contribution in [1.82, 2.24) is 9.97 Å². The lowest BCUT2D eigenvalue weighted by molar-refractivity contribution is 1.05. The number of hydrazone groups is 1. The maximum atomic E-state index is 4.40. The summed E-state index contributed by atoms with van der Waals surface area (Å²) in [5.74, 6) is 0.691. The van der Waals surface area contributed by atoms with Gasteiger partial charge in [0.25, 0.3) is 0 Å². The average molecular weight is 226 g/mol. The van der Waals surface area contributed by atoms with Crippen LogP contribution in [0.2, 0.25) is 0 Å². The molecule has 0 radical (unpaired) electrons. The highest BCUT2D eigenvalue weighted by Gasteiger charge is 2.06. The predicted octanol–water partition coefficient (Wildman–Crippen LogP) is 3.07. The van der Waals surface area contributed by atoms with E-state index >= 15 is 0 Å². The molecule has 1 aliphatic rings. The Balaban J connectivity index is 1.81. The number of fused-ring (bicyclic) bond motifs is 1. The lowest BCUT2D eigenvalue weighted by Gasteiger charge is -1.95. The molecule has 0 bridgehead atoms. The predicted molar refractivity (Wildman–Crippen MR) is 70.1 cm³/mol. The number of nitrogens with one attached hydrogen (secondary N) is 2. The zero-order chi connectivity index (χ0) is 11.7. The topological polar surface area (TPSA) is 53.1 Å². The van der Waals surface area contributed by atoms with E-state index in [1.54, 1.807) is 0 Å². The molecule has 0 atom stereocenters. The molecule has 0 saturated carbocycles. The van der Waals surface area contributed by atoms with Gasteiger partial charge in [-0.15, -0.1) is 0 Å². The summed E-state index contributed by atoms with van der Waals surface area (Å²) in [6.07, 6.45) is 4.25. The first-order valence-corrected chi connectivity index (χ1v) is 5.76. The van der Waals surface area contributed by atoms with Gasteiger partial charge in [0.1, 0.15) is 0 Å². The fourth-order valence-corrected chi connectivity index (χ4v) is 1.97. The molecule has 1 heterocycles. The number of hydrogen-bond acceptors (Lipinski definition) is 3. The van der Waals surface area contributed by atoms with Crippen molar-refractivity contribution < 1.29 is 0 Å². The minimum atomic E-state index is 0.691. The highest BCUT2D eigenvalue weighted by Crippen LogP contribution is 2.16.